The zero-order valence-electron chi connectivity index (χ0n) is 12.2. The van der Waals surface area contributed by atoms with E-state index in [1.165, 1.54) is 12.0 Å². The Kier molecular flexibility index (Phi) is 3.35. The summed E-state index contributed by atoms with van der Waals surface area (Å²) in [6, 6.07) is 6.12. The minimum Gasteiger partial charge on any atom is -0.399 e. The Morgan fingerprint density at radius 3 is 2.36 bits per heavy atom. The van der Waals surface area contributed by atoms with Crippen LogP contribution in [0.1, 0.15) is 20.7 Å². The lowest BCUT2D eigenvalue weighted by Gasteiger charge is -2.42. The van der Waals surface area contributed by atoms with Gasteiger partial charge in [0.1, 0.15) is 5.54 Å². The molecule has 2 atom stereocenters. The highest BCUT2D eigenvalue weighted by atomic mass is 16.5. The predicted octanol–water partition coefficient (Wildman–Crippen LogP) is 0.408. The van der Waals surface area contributed by atoms with Crippen molar-refractivity contribution in [2.45, 2.75) is 11.6 Å². The molecule has 1 aliphatic carbocycles. The second-order valence-electron chi connectivity index (χ2n) is 5.44. The van der Waals surface area contributed by atoms with Gasteiger partial charge in [-0.3, -0.25) is 14.5 Å². The van der Waals surface area contributed by atoms with Gasteiger partial charge in [0.2, 0.25) is 0 Å². The lowest BCUT2D eigenvalue weighted by molar-refractivity contribution is 0.0264. The molecule has 0 spiro atoms. The summed E-state index contributed by atoms with van der Waals surface area (Å²) >= 11 is 0. The predicted molar refractivity (Wildman–Crippen MR) is 80.9 cm³/mol. The first-order valence-electron chi connectivity index (χ1n) is 6.90. The number of methoxy groups -OCH3 is 1. The van der Waals surface area contributed by atoms with Crippen LogP contribution in [0.4, 0.5) is 0 Å². The molecule has 4 N–H and O–H groups in total. The van der Waals surface area contributed by atoms with Crippen molar-refractivity contribution in [2.24, 2.45) is 11.5 Å². The summed E-state index contributed by atoms with van der Waals surface area (Å²) in [7, 11) is 1.50. The molecule has 1 aliphatic heterocycles. The zero-order chi connectivity index (χ0) is 15.9. The van der Waals surface area contributed by atoms with Gasteiger partial charge in [-0.2, -0.15) is 0 Å². The van der Waals surface area contributed by atoms with Crippen molar-refractivity contribution >= 4 is 11.8 Å². The van der Waals surface area contributed by atoms with Crippen LogP contribution in [0.2, 0.25) is 0 Å². The van der Waals surface area contributed by atoms with Crippen molar-refractivity contribution < 1.29 is 14.3 Å². The summed E-state index contributed by atoms with van der Waals surface area (Å²) in [6.07, 6.45) is 4.97. The van der Waals surface area contributed by atoms with Crippen molar-refractivity contribution in [1.82, 2.24) is 4.90 Å². The monoisotopic (exact) mass is 299 g/mol. The molecular formula is C16H17N3O3. The van der Waals surface area contributed by atoms with Gasteiger partial charge >= 0.3 is 0 Å². The number of benzene rings is 1. The van der Waals surface area contributed by atoms with Gasteiger partial charge in [0.05, 0.1) is 23.8 Å². The normalized spacial score (nSPS) is 27.1. The molecule has 22 heavy (non-hydrogen) atoms. The number of carbonyl (C=O) groups excluding carboxylic acids is 2. The van der Waals surface area contributed by atoms with Gasteiger partial charge in [0.15, 0.2) is 0 Å². The third-order valence-corrected chi connectivity index (χ3v) is 4.08. The van der Waals surface area contributed by atoms with Crippen molar-refractivity contribution in [1.29, 1.82) is 0 Å². The van der Waals surface area contributed by atoms with Gasteiger partial charge < -0.3 is 16.2 Å². The SMILES string of the molecule is COCC1(N2C(=O)c3ccccc3C2=O)C=C(N)C=CC1N. The van der Waals surface area contributed by atoms with Gasteiger partial charge in [-0.25, -0.2) is 0 Å². The average molecular weight is 299 g/mol. The minimum atomic E-state index is -1.12. The number of nitrogens with zero attached hydrogens (tertiary/aromatic N) is 1. The number of ether oxygens (including phenoxy) is 1. The first kappa shape index (κ1) is 14.5. The van der Waals surface area contributed by atoms with Crippen LogP contribution in [-0.2, 0) is 4.74 Å². The fourth-order valence-corrected chi connectivity index (χ4v) is 3.03. The molecule has 0 fully saturated rings. The van der Waals surface area contributed by atoms with Gasteiger partial charge in [-0.05, 0) is 24.3 Å². The lowest BCUT2D eigenvalue weighted by atomic mass is 9.84. The quantitative estimate of drug-likeness (QED) is 0.788. The van der Waals surface area contributed by atoms with Crippen molar-refractivity contribution in [3.8, 4) is 0 Å². The molecule has 6 nitrogen and oxygen atoms in total. The van der Waals surface area contributed by atoms with Crippen LogP contribution in [-0.4, -0.2) is 42.0 Å². The van der Waals surface area contributed by atoms with Crippen LogP contribution in [0.3, 0.4) is 0 Å². The molecule has 0 aromatic heterocycles. The Morgan fingerprint density at radius 1 is 1.23 bits per heavy atom. The number of hydrogen-bond acceptors (Lipinski definition) is 5. The molecule has 0 saturated heterocycles. The van der Waals surface area contributed by atoms with E-state index in [1.807, 2.05) is 0 Å². The number of nitrogens with two attached hydrogens (primary N) is 2. The fraction of sp³-hybridized carbons (Fsp3) is 0.250. The molecule has 1 aromatic rings. The molecular weight excluding hydrogens is 282 g/mol. The number of amides is 2. The van der Waals surface area contributed by atoms with Crippen LogP contribution in [0.25, 0.3) is 0 Å². The highest BCUT2D eigenvalue weighted by Gasteiger charge is 2.51. The Balaban J connectivity index is 2.14. The van der Waals surface area contributed by atoms with E-state index in [1.54, 1.807) is 42.5 Å². The standard InChI is InChI=1S/C16H17N3O3/c1-22-9-16(8-10(17)6-7-13(16)18)19-14(20)11-4-2-3-5-12(11)15(19)21/h2-8,13H,9,17-18H2,1H3. The zero-order valence-corrected chi connectivity index (χ0v) is 12.2. The van der Waals surface area contributed by atoms with Crippen LogP contribution in [0.15, 0.2) is 48.2 Å². The van der Waals surface area contributed by atoms with E-state index in [0.717, 1.165) is 0 Å². The van der Waals surface area contributed by atoms with E-state index in [2.05, 4.69) is 0 Å². The Labute approximate surface area is 128 Å². The molecule has 0 bridgehead atoms. The van der Waals surface area contributed by atoms with Crippen LogP contribution < -0.4 is 11.5 Å². The molecule has 114 valence electrons. The fourth-order valence-electron chi connectivity index (χ4n) is 3.03. The third-order valence-electron chi connectivity index (χ3n) is 4.08. The third kappa shape index (κ3) is 1.88. The van der Waals surface area contributed by atoms with Crippen LogP contribution >= 0.6 is 0 Å². The second-order valence-corrected chi connectivity index (χ2v) is 5.44. The topological polar surface area (TPSA) is 98.6 Å². The molecule has 0 saturated carbocycles. The average Bonchev–Trinajstić information content (AvgIpc) is 2.76. The lowest BCUT2D eigenvalue weighted by Crippen LogP contribution is -2.63. The van der Waals surface area contributed by atoms with E-state index in [0.29, 0.717) is 16.8 Å². The van der Waals surface area contributed by atoms with Crippen LogP contribution in [0.5, 0.6) is 0 Å². The minimum absolute atomic E-state index is 0.0741. The van der Waals surface area contributed by atoms with Gasteiger partial charge in [0.25, 0.3) is 11.8 Å². The summed E-state index contributed by atoms with van der Waals surface area (Å²) < 4.78 is 5.25. The maximum Gasteiger partial charge on any atom is 0.262 e. The van der Waals surface area contributed by atoms with Crippen molar-refractivity contribution in [3.05, 3.63) is 59.3 Å². The maximum atomic E-state index is 12.7. The van der Waals surface area contributed by atoms with E-state index in [4.69, 9.17) is 16.2 Å². The summed E-state index contributed by atoms with van der Waals surface area (Å²) in [6.45, 7) is 0.0741. The van der Waals surface area contributed by atoms with E-state index in [-0.39, 0.29) is 18.4 Å². The second kappa shape index (κ2) is 5.08. The molecule has 2 amide bonds. The highest BCUT2D eigenvalue weighted by molar-refractivity contribution is 6.22. The summed E-state index contributed by atoms with van der Waals surface area (Å²) in [5.74, 6) is -0.764. The summed E-state index contributed by atoms with van der Waals surface area (Å²) in [4.78, 5) is 26.6. The molecule has 2 unspecified atom stereocenters. The molecule has 1 heterocycles. The maximum absolute atomic E-state index is 12.7. The van der Waals surface area contributed by atoms with Gasteiger partial charge in [0, 0.05) is 12.8 Å². The van der Waals surface area contributed by atoms with E-state index < -0.39 is 11.6 Å². The molecule has 2 aliphatic rings. The first-order chi connectivity index (χ1) is 10.5. The number of fused-ring (bicyclic) bond motifs is 1. The number of allylic oxidation sites excluding steroid dienone is 1. The number of hydrogen-bond donors (Lipinski definition) is 2. The van der Waals surface area contributed by atoms with Gasteiger partial charge in [-0.1, -0.05) is 18.2 Å². The molecule has 0 radical (unpaired) electrons. The Bertz CT molecular complexity index is 675. The van der Waals surface area contributed by atoms with Crippen molar-refractivity contribution in [3.63, 3.8) is 0 Å². The number of imide groups is 1. The number of rotatable bonds is 3. The number of carbonyl (C=O) groups is 2. The molecule has 3 rings (SSSR count). The van der Waals surface area contributed by atoms with E-state index >= 15 is 0 Å². The summed E-state index contributed by atoms with van der Waals surface area (Å²) in [5, 5.41) is 0. The van der Waals surface area contributed by atoms with Crippen molar-refractivity contribution in [2.75, 3.05) is 13.7 Å². The summed E-state index contributed by atoms with van der Waals surface area (Å²) in [5.41, 5.74) is 12.1. The largest absolute Gasteiger partial charge is 0.399 e. The smallest absolute Gasteiger partial charge is 0.262 e. The Morgan fingerprint density at radius 2 is 1.82 bits per heavy atom. The Hall–Kier alpha value is -2.44. The van der Waals surface area contributed by atoms with E-state index in [9.17, 15) is 9.59 Å². The van der Waals surface area contributed by atoms with Crippen LogP contribution in [0, 0.1) is 0 Å². The molecule has 6 heteroatoms. The highest BCUT2D eigenvalue weighted by Crippen LogP contribution is 2.34. The van der Waals surface area contributed by atoms with Gasteiger partial charge in [-0.15, -0.1) is 0 Å². The first-order valence-corrected chi connectivity index (χ1v) is 6.90. The molecule has 1 aromatic carbocycles.